The van der Waals surface area contributed by atoms with Crippen molar-refractivity contribution < 1.29 is 18.0 Å². The lowest BCUT2D eigenvalue weighted by atomic mass is 10.1. The van der Waals surface area contributed by atoms with E-state index in [1.165, 1.54) is 0 Å². The third-order valence-corrected chi connectivity index (χ3v) is 2.55. The molecule has 0 aliphatic carbocycles. The van der Waals surface area contributed by atoms with Gasteiger partial charge in [-0.1, -0.05) is 0 Å². The van der Waals surface area contributed by atoms with Gasteiger partial charge in [0.2, 0.25) is 5.91 Å². The van der Waals surface area contributed by atoms with Gasteiger partial charge in [-0.05, 0) is 19.4 Å². The molecule has 1 aliphatic rings. The molecule has 0 radical (unpaired) electrons. The highest BCUT2D eigenvalue weighted by atomic mass is 19.4. The minimum atomic E-state index is -4.33. The van der Waals surface area contributed by atoms with Crippen molar-refractivity contribution in [2.75, 3.05) is 26.2 Å². The van der Waals surface area contributed by atoms with Crippen molar-refractivity contribution in [3.63, 3.8) is 0 Å². The molecule has 1 aliphatic heterocycles. The van der Waals surface area contributed by atoms with E-state index in [1.54, 1.807) is 0 Å². The van der Waals surface area contributed by atoms with Crippen molar-refractivity contribution in [1.29, 1.82) is 0 Å². The molecule has 0 aromatic heterocycles. The second-order valence-corrected chi connectivity index (χ2v) is 3.81. The van der Waals surface area contributed by atoms with Crippen molar-refractivity contribution in [2.45, 2.75) is 25.1 Å². The van der Waals surface area contributed by atoms with Crippen molar-refractivity contribution in [3.8, 4) is 0 Å². The number of nitrogens with one attached hydrogen (secondary N) is 1. The lowest BCUT2D eigenvalue weighted by Gasteiger charge is -2.30. The molecule has 1 saturated heterocycles. The molecule has 1 unspecified atom stereocenters. The summed E-state index contributed by atoms with van der Waals surface area (Å²) >= 11 is 0. The van der Waals surface area contributed by atoms with Crippen molar-refractivity contribution in [3.05, 3.63) is 0 Å². The predicted molar refractivity (Wildman–Crippen MR) is 52.7 cm³/mol. The van der Waals surface area contributed by atoms with Crippen LogP contribution < -0.4 is 11.1 Å². The van der Waals surface area contributed by atoms with E-state index < -0.39 is 12.2 Å². The maximum absolute atomic E-state index is 12.7. The molecule has 1 amide bonds. The SMILES string of the molecule is NCCC(N1CCCNC(=O)C1)C(F)(F)F. The monoisotopic (exact) mass is 239 g/mol. The van der Waals surface area contributed by atoms with Gasteiger partial charge in [0.15, 0.2) is 0 Å². The minimum absolute atomic E-state index is 0.0394. The fraction of sp³-hybridized carbons (Fsp3) is 0.889. The molecule has 16 heavy (non-hydrogen) atoms. The first-order chi connectivity index (χ1) is 7.45. The van der Waals surface area contributed by atoms with Gasteiger partial charge in [-0.25, -0.2) is 0 Å². The molecule has 94 valence electrons. The topological polar surface area (TPSA) is 58.4 Å². The largest absolute Gasteiger partial charge is 0.404 e. The van der Waals surface area contributed by atoms with Crippen molar-refractivity contribution in [2.24, 2.45) is 5.73 Å². The fourth-order valence-corrected chi connectivity index (χ4v) is 1.81. The smallest absolute Gasteiger partial charge is 0.355 e. The van der Waals surface area contributed by atoms with Gasteiger partial charge in [-0.2, -0.15) is 13.2 Å². The standard InChI is InChI=1S/C9H16F3N3O/c10-9(11,12)7(2-3-13)15-5-1-4-14-8(16)6-15/h7H,1-6,13H2,(H,14,16). The molecule has 3 N–H and O–H groups in total. The van der Waals surface area contributed by atoms with Gasteiger partial charge >= 0.3 is 6.18 Å². The van der Waals surface area contributed by atoms with Crippen LogP contribution in [0.5, 0.6) is 0 Å². The number of carbonyl (C=O) groups excluding carboxylic acids is 1. The highest BCUT2D eigenvalue weighted by Gasteiger charge is 2.43. The predicted octanol–water partition coefficient (Wildman–Crippen LogP) is 0.0880. The van der Waals surface area contributed by atoms with Crippen LogP contribution in [-0.2, 0) is 4.79 Å². The maximum atomic E-state index is 12.7. The number of nitrogens with two attached hydrogens (primary N) is 1. The Morgan fingerprint density at radius 3 is 2.75 bits per heavy atom. The van der Waals surface area contributed by atoms with Gasteiger partial charge in [0.25, 0.3) is 0 Å². The maximum Gasteiger partial charge on any atom is 0.404 e. The van der Waals surface area contributed by atoms with E-state index >= 15 is 0 Å². The number of halogens is 3. The lowest BCUT2D eigenvalue weighted by molar-refractivity contribution is -0.185. The average molecular weight is 239 g/mol. The highest BCUT2D eigenvalue weighted by Crippen LogP contribution is 2.27. The first-order valence-electron chi connectivity index (χ1n) is 5.22. The number of carbonyl (C=O) groups is 1. The normalized spacial score (nSPS) is 21.4. The molecule has 0 aromatic rings. The number of amides is 1. The summed E-state index contributed by atoms with van der Waals surface area (Å²) in [7, 11) is 0. The van der Waals surface area contributed by atoms with Crippen LogP contribution in [0.4, 0.5) is 13.2 Å². The Morgan fingerprint density at radius 2 is 2.19 bits per heavy atom. The molecule has 0 bridgehead atoms. The van der Waals surface area contributed by atoms with E-state index in [2.05, 4.69) is 5.32 Å². The first-order valence-corrected chi connectivity index (χ1v) is 5.22. The Morgan fingerprint density at radius 1 is 1.50 bits per heavy atom. The molecule has 0 saturated carbocycles. The first kappa shape index (κ1) is 13.2. The fourth-order valence-electron chi connectivity index (χ4n) is 1.81. The van der Waals surface area contributed by atoms with E-state index in [0.717, 1.165) is 4.90 Å². The third kappa shape index (κ3) is 3.64. The zero-order chi connectivity index (χ0) is 12.2. The molecule has 4 nitrogen and oxygen atoms in total. The van der Waals surface area contributed by atoms with Gasteiger partial charge < -0.3 is 11.1 Å². The number of hydrogen-bond acceptors (Lipinski definition) is 3. The van der Waals surface area contributed by atoms with Crippen LogP contribution in [-0.4, -0.2) is 49.2 Å². The molecule has 0 aromatic carbocycles. The van der Waals surface area contributed by atoms with Gasteiger partial charge in [0.1, 0.15) is 6.04 Å². The molecule has 1 fully saturated rings. The third-order valence-electron chi connectivity index (χ3n) is 2.55. The van der Waals surface area contributed by atoms with Crippen LogP contribution in [0.1, 0.15) is 12.8 Å². The van der Waals surface area contributed by atoms with E-state index in [1.807, 2.05) is 0 Å². The number of hydrogen-bond donors (Lipinski definition) is 2. The summed E-state index contributed by atoms with van der Waals surface area (Å²) in [4.78, 5) is 12.3. The van der Waals surface area contributed by atoms with E-state index in [-0.39, 0.29) is 32.0 Å². The van der Waals surface area contributed by atoms with Crippen LogP contribution in [0.2, 0.25) is 0 Å². The summed E-state index contributed by atoms with van der Waals surface area (Å²) in [6.07, 6.45) is -3.97. The lowest BCUT2D eigenvalue weighted by Crippen LogP contribution is -2.49. The zero-order valence-corrected chi connectivity index (χ0v) is 8.89. The summed E-state index contributed by atoms with van der Waals surface area (Å²) < 4.78 is 38.2. The number of rotatable bonds is 3. The molecule has 1 heterocycles. The molecule has 7 heteroatoms. The second-order valence-electron chi connectivity index (χ2n) is 3.81. The highest BCUT2D eigenvalue weighted by molar-refractivity contribution is 5.78. The number of nitrogens with zero attached hydrogens (tertiary/aromatic N) is 1. The summed E-state index contributed by atoms with van der Waals surface area (Å²) in [6, 6.07) is -1.61. The Hall–Kier alpha value is -0.820. The molecular formula is C9H16F3N3O. The summed E-state index contributed by atoms with van der Waals surface area (Å²) in [5.41, 5.74) is 5.18. The van der Waals surface area contributed by atoms with Gasteiger partial charge in [0, 0.05) is 13.1 Å². The van der Waals surface area contributed by atoms with E-state index in [4.69, 9.17) is 5.73 Å². The summed E-state index contributed by atoms with van der Waals surface area (Å²) in [5.74, 6) is -0.358. The van der Waals surface area contributed by atoms with Gasteiger partial charge in [0.05, 0.1) is 6.54 Å². The Kier molecular flexibility index (Phi) is 4.55. The molecule has 1 atom stereocenters. The second kappa shape index (κ2) is 5.49. The van der Waals surface area contributed by atoms with Gasteiger partial charge in [-0.15, -0.1) is 0 Å². The van der Waals surface area contributed by atoms with Crippen LogP contribution >= 0.6 is 0 Å². The number of alkyl halides is 3. The molecule has 1 rings (SSSR count). The Bertz CT molecular complexity index is 245. The average Bonchev–Trinajstić information content (AvgIpc) is 2.37. The quantitative estimate of drug-likeness (QED) is 0.733. The zero-order valence-electron chi connectivity index (χ0n) is 8.89. The Labute approximate surface area is 92.0 Å². The van der Waals surface area contributed by atoms with Crippen molar-refractivity contribution >= 4 is 5.91 Å². The van der Waals surface area contributed by atoms with Crippen LogP contribution in [0, 0.1) is 0 Å². The summed E-state index contributed by atoms with van der Waals surface area (Å²) in [5, 5.41) is 2.54. The molecular weight excluding hydrogens is 223 g/mol. The summed E-state index contributed by atoms with van der Waals surface area (Å²) in [6.45, 7) is 0.456. The van der Waals surface area contributed by atoms with Crippen LogP contribution in [0.25, 0.3) is 0 Å². The minimum Gasteiger partial charge on any atom is -0.355 e. The van der Waals surface area contributed by atoms with E-state index in [9.17, 15) is 18.0 Å². The van der Waals surface area contributed by atoms with E-state index in [0.29, 0.717) is 13.0 Å². The Balaban J connectivity index is 2.71. The van der Waals surface area contributed by atoms with Crippen LogP contribution in [0.3, 0.4) is 0 Å². The van der Waals surface area contributed by atoms with Gasteiger partial charge in [-0.3, -0.25) is 9.69 Å². The molecule has 0 spiro atoms. The van der Waals surface area contributed by atoms with Crippen molar-refractivity contribution in [1.82, 2.24) is 10.2 Å². The van der Waals surface area contributed by atoms with Crippen LogP contribution in [0.15, 0.2) is 0 Å².